The molecular formula is C16H32. The zero-order valence-electron chi connectivity index (χ0n) is 11.6. The summed E-state index contributed by atoms with van der Waals surface area (Å²) < 4.78 is 0. The van der Waals surface area contributed by atoms with Crippen molar-refractivity contribution in [3.63, 3.8) is 0 Å². The van der Waals surface area contributed by atoms with E-state index < -0.39 is 0 Å². The summed E-state index contributed by atoms with van der Waals surface area (Å²) in [5, 5.41) is 0. The normalized spacial score (nSPS) is 11.4. The molecule has 0 N–H and O–H groups in total. The van der Waals surface area contributed by atoms with Crippen LogP contribution in [0.25, 0.3) is 0 Å². The molecule has 0 atom stereocenters. The van der Waals surface area contributed by atoms with Gasteiger partial charge >= 0.3 is 0 Å². The maximum atomic E-state index is 2.39. The summed E-state index contributed by atoms with van der Waals surface area (Å²) >= 11 is 0. The average molecular weight is 224 g/mol. The number of unbranched alkanes of at least 4 members (excludes halogenated alkanes) is 10. The van der Waals surface area contributed by atoms with E-state index in [-0.39, 0.29) is 0 Å². The molecule has 0 unspecified atom stereocenters. The predicted octanol–water partition coefficient (Wildman–Crippen LogP) is 6.26. The van der Waals surface area contributed by atoms with Gasteiger partial charge in [-0.1, -0.05) is 77.4 Å². The van der Waals surface area contributed by atoms with E-state index in [1.54, 1.807) is 0 Å². The molecule has 0 aliphatic heterocycles. The van der Waals surface area contributed by atoms with E-state index >= 15 is 0 Å². The summed E-state index contributed by atoms with van der Waals surface area (Å²) in [5.41, 5.74) is 0. The first-order valence-electron chi connectivity index (χ1n) is 7.56. The minimum atomic E-state index is 1.30. The van der Waals surface area contributed by atoms with Crippen molar-refractivity contribution in [3.8, 4) is 0 Å². The van der Waals surface area contributed by atoms with Gasteiger partial charge in [0.2, 0.25) is 0 Å². The standard InChI is InChI=1S/C16H32/c1-3-5-7-9-11-13-15-16-14-12-10-8-6-4-2/h11,13H,3-10,12,14-16H2,1-2H3/b13-11-. The van der Waals surface area contributed by atoms with Gasteiger partial charge in [0.15, 0.2) is 0 Å². The Morgan fingerprint density at radius 1 is 0.500 bits per heavy atom. The monoisotopic (exact) mass is 224 g/mol. The van der Waals surface area contributed by atoms with E-state index in [1.165, 1.54) is 77.0 Å². The van der Waals surface area contributed by atoms with Gasteiger partial charge in [0.25, 0.3) is 0 Å². The molecule has 0 fully saturated rings. The van der Waals surface area contributed by atoms with Crippen molar-refractivity contribution in [1.82, 2.24) is 0 Å². The van der Waals surface area contributed by atoms with Crippen molar-refractivity contribution in [3.05, 3.63) is 12.2 Å². The summed E-state index contributed by atoms with van der Waals surface area (Å²) in [7, 11) is 0. The molecule has 0 nitrogen and oxygen atoms in total. The third-order valence-corrected chi connectivity index (χ3v) is 3.12. The third-order valence-electron chi connectivity index (χ3n) is 3.12. The molecule has 0 aromatic rings. The summed E-state index contributed by atoms with van der Waals surface area (Å²) in [6.07, 6.45) is 21.5. The summed E-state index contributed by atoms with van der Waals surface area (Å²) in [6.45, 7) is 4.55. The SMILES string of the molecule is CCCCC/C=C\CCCCCCCCC. The molecule has 0 aliphatic rings. The lowest BCUT2D eigenvalue weighted by Crippen LogP contribution is -1.79. The molecule has 16 heavy (non-hydrogen) atoms. The Balaban J connectivity index is 2.97. The maximum absolute atomic E-state index is 2.39. The second-order valence-corrected chi connectivity index (χ2v) is 4.88. The Hall–Kier alpha value is -0.260. The van der Waals surface area contributed by atoms with Gasteiger partial charge in [0.1, 0.15) is 0 Å². The smallest absolute Gasteiger partial charge is 0.0351 e. The second kappa shape index (κ2) is 14.7. The van der Waals surface area contributed by atoms with Gasteiger partial charge in [0, 0.05) is 0 Å². The number of hydrogen-bond acceptors (Lipinski definition) is 0. The third kappa shape index (κ3) is 13.7. The van der Waals surface area contributed by atoms with Gasteiger partial charge < -0.3 is 0 Å². The van der Waals surface area contributed by atoms with Crippen molar-refractivity contribution >= 4 is 0 Å². The molecule has 0 rings (SSSR count). The molecule has 0 bridgehead atoms. The van der Waals surface area contributed by atoms with Crippen molar-refractivity contribution in [1.29, 1.82) is 0 Å². The zero-order chi connectivity index (χ0) is 11.9. The predicted molar refractivity (Wildman–Crippen MR) is 75.9 cm³/mol. The van der Waals surface area contributed by atoms with E-state index in [4.69, 9.17) is 0 Å². The van der Waals surface area contributed by atoms with Crippen LogP contribution in [0.5, 0.6) is 0 Å². The average Bonchev–Trinajstić information content (AvgIpc) is 2.31. The quantitative estimate of drug-likeness (QED) is 0.271. The molecule has 0 aromatic carbocycles. The Kier molecular flexibility index (Phi) is 14.5. The highest BCUT2D eigenvalue weighted by molar-refractivity contribution is 4.81. The number of allylic oxidation sites excluding steroid dienone is 2. The first-order valence-corrected chi connectivity index (χ1v) is 7.56. The lowest BCUT2D eigenvalue weighted by Gasteiger charge is -1.98. The molecule has 0 amide bonds. The molecule has 0 aromatic heterocycles. The molecular weight excluding hydrogens is 192 g/mol. The van der Waals surface area contributed by atoms with E-state index in [0.29, 0.717) is 0 Å². The molecule has 0 radical (unpaired) electrons. The first-order chi connectivity index (χ1) is 7.91. The fourth-order valence-corrected chi connectivity index (χ4v) is 1.97. The van der Waals surface area contributed by atoms with Crippen molar-refractivity contribution in [2.45, 2.75) is 90.9 Å². The molecule has 0 spiro atoms. The molecule has 96 valence electrons. The van der Waals surface area contributed by atoms with Crippen LogP contribution in [0, 0.1) is 0 Å². The Morgan fingerprint density at radius 2 is 0.875 bits per heavy atom. The fraction of sp³-hybridized carbons (Fsp3) is 0.875. The lowest BCUT2D eigenvalue weighted by molar-refractivity contribution is 0.592. The second-order valence-electron chi connectivity index (χ2n) is 4.88. The van der Waals surface area contributed by atoms with Gasteiger partial charge in [-0.05, 0) is 25.7 Å². The minimum Gasteiger partial charge on any atom is -0.0885 e. The van der Waals surface area contributed by atoms with Crippen molar-refractivity contribution in [2.75, 3.05) is 0 Å². The van der Waals surface area contributed by atoms with Gasteiger partial charge in [-0.25, -0.2) is 0 Å². The zero-order valence-corrected chi connectivity index (χ0v) is 11.6. The van der Waals surface area contributed by atoms with E-state index in [2.05, 4.69) is 26.0 Å². The Morgan fingerprint density at radius 3 is 1.44 bits per heavy atom. The molecule has 0 heterocycles. The molecule has 0 aliphatic carbocycles. The lowest BCUT2D eigenvalue weighted by atomic mass is 10.1. The van der Waals surface area contributed by atoms with Crippen LogP contribution in [-0.2, 0) is 0 Å². The summed E-state index contributed by atoms with van der Waals surface area (Å²) in [5.74, 6) is 0. The van der Waals surface area contributed by atoms with Crippen LogP contribution in [0.4, 0.5) is 0 Å². The highest BCUT2D eigenvalue weighted by Crippen LogP contribution is 2.09. The maximum Gasteiger partial charge on any atom is -0.0351 e. The Bertz CT molecular complexity index is 135. The first kappa shape index (κ1) is 15.7. The van der Waals surface area contributed by atoms with Crippen molar-refractivity contribution in [2.24, 2.45) is 0 Å². The minimum absolute atomic E-state index is 1.30. The molecule has 0 saturated heterocycles. The van der Waals surface area contributed by atoms with E-state index in [0.717, 1.165) is 0 Å². The number of rotatable bonds is 12. The van der Waals surface area contributed by atoms with Gasteiger partial charge in [0.05, 0.1) is 0 Å². The van der Waals surface area contributed by atoms with Crippen LogP contribution in [0.15, 0.2) is 12.2 Å². The van der Waals surface area contributed by atoms with E-state index in [1.807, 2.05) is 0 Å². The van der Waals surface area contributed by atoms with Gasteiger partial charge in [-0.3, -0.25) is 0 Å². The van der Waals surface area contributed by atoms with Crippen LogP contribution in [0.1, 0.15) is 90.9 Å². The van der Waals surface area contributed by atoms with Crippen LogP contribution >= 0.6 is 0 Å². The van der Waals surface area contributed by atoms with Crippen LogP contribution in [-0.4, -0.2) is 0 Å². The number of hydrogen-bond donors (Lipinski definition) is 0. The highest BCUT2D eigenvalue weighted by Gasteiger charge is 1.89. The van der Waals surface area contributed by atoms with Gasteiger partial charge in [-0.15, -0.1) is 0 Å². The molecule has 0 heteroatoms. The van der Waals surface area contributed by atoms with Crippen LogP contribution < -0.4 is 0 Å². The summed E-state index contributed by atoms with van der Waals surface area (Å²) in [4.78, 5) is 0. The Labute approximate surface area is 104 Å². The van der Waals surface area contributed by atoms with E-state index in [9.17, 15) is 0 Å². The van der Waals surface area contributed by atoms with Crippen LogP contribution in [0.2, 0.25) is 0 Å². The fourth-order valence-electron chi connectivity index (χ4n) is 1.97. The molecule has 0 saturated carbocycles. The summed E-state index contributed by atoms with van der Waals surface area (Å²) in [6, 6.07) is 0. The van der Waals surface area contributed by atoms with Crippen LogP contribution in [0.3, 0.4) is 0 Å². The highest BCUT2D eigenvalue weighted by atomic mass is 14.0. The van der Waals surface area contributed by atoms with Gasteiger partial charge in [-0.2, -0.15) is 0 Å². The van der Waals surface area contributed by atoms with Crippen molar-refractivity contribution < 1.29 is 0 Å². The topological polar surface area (TPSA) is 0 Å². The largest absolute Gasteiger partial charge is 0.0885 e.